The van der Waals surface area contributed by atoms with Crippen LogP contribution in [0.25, 0.3) is 5.76 Å². The summed E-state index contributed by atoms with van der Waals surface area (Å²) in [6.07, 6.45) is -0.00793. The third-order valence-electron chi connectivity index (χ3n) is 5.96. The van der Waals surface area contributed by atoms with Gasteiger partial charge in [-0.15, -0.1) is 0 Å². The SMILES string of the molecule is COCCN1C(=O)C(=O)/C(=C(\O)c2ccc(OC(C)C)c(C)c2)C1c1ccc(OC)c(OCC(C)C)c1. The molecular weight excluding hydrogens is 474 g/mol. The first-order valence-electron chi connectivity index (χ1n) is 12.4. The number of rotatable bonds is 11. The Kier molecular flexibility index (Phi) is 9.21. The molecule has 2 aromatic carbocycles. The molecule has 200 valence electrons. The Balaban J connectivity index is 2.15. The molecule has 2 aromatic rings. The largest absolute Gasteiger partial charge is 0.507 e. The first-order chi connectivity index (χ1) is 17.6. The molecule has 0 aliphatic carbocycles. The molecular formula is C29H37NO7. The summed E-state index contributed by atoms with van der Waals surface area (Å²) in [5.41, 5.74) is 1.86. The van der Waals surface area contributed by atoms with E-state index in [2.05, 4.69) is 0 Å². The third-order valence-corrected chi connectivity index (χ3v) is 5.96. The summed E-state index contributed by atoms with van der Waals surface area (Å²) in [5.74, 6) is 0.312. The molecule has 1 N–H and O–H groups in total. The molecule has 1 heterocycles. The van der Waals surface area contributed by atoms with Crippen LogP contribution in [0.1, 0.15) is 50.4 Å². The number of ketones is 1. The molecule has 1 fully saturated rings. The highest BCUT2D eigenvalue weighted by Gasteiger charge is 2.46. The third kappa shape index (κ3) is 6.25. The average molecular weight is 512 g/mol. The van der Waals surface area contributed by atoms with Crippen molar-refractivity contribution in [3.05, 3.63) is 58.7 Å². The van der Waals surface area contributed by atoms with Crippen LogP contribution < -0.4 is 14.2 Å². The normalized spacial score (nSPS) is 17.1. The van der Waals surface area contributed by atoms with Crippen molar-refractivity contribution in [2.24, 2.45) is 5.92 Å². The van der Waals surface area contributed by atoms with Gasteiger partial charge in [0.05, 0.1) is 38.0 Å². The molecule has 1 atom stereocenters. The van der Waals surface area contributed by atoms with Crippen LogP contribution in [0.5, 0.6) is 17.2 Å². The fraction of sp³-hybridized carbons (Fsp3) is 0.448. The van der Waals surface area contributed by atoms with Gasteiger partial charge in [-0.3, -0.25) is 9.59 Å². The van der Waals surface area contributed by atoms with E-state index in [1.807, 2.05) is 34.6 Å². The van der Waals surface area contributed by atoms with Crippen molar-refractivity contribution in [2.45, 2.75) is 46.8 Å². The highest BCUT2D eigenvalue weighted by molar-refractivity contribution is 6.46. The topological polar surface area (TPSA) is 94.5 Å². The zero-order chi connectivity index (χ0) is 27.3. The molecule has 1 aliphatic rings. The number of nitrogens with zero attached hydrogens (tertiary/aromatic N) is 1. The molecule has 8 nitrogen and oxygen atoms in total. The van der Waals surface area contributed by atoms with Gasteiger partial charge in [-0.25, -0.2) is 0 Å². The average Bonchev–Trinajstić information content (AvgIpc) is 3.11. The van der Waals surface area contributed by atoms with E-state index in [-0.39, 0.29) is 36.5 Å². The van der Waals surface area contributed by atoms with Gasteiger partial charge in [-0.05, 0) is 68.1 Å². The van der Waals surface area contributed by atoms with Gasteiger partial charge in [0.15, 0.2) is 11.5 Å². The molecule has 0 aromatic heterocycles. The van der Waals surface area contributed by atoms with Crippen LogP contribution >= 0.6 is 0 Å². The number of aliphatic hydroxyl groups is 1. The van der Waals surface area contributed by atoms with Crippen LogP contribution in [0, 0.1) is 12.8 Å². The van der Waals surface area contributed by atoms with Crippen molar-refractivity contribution in [3.8, 4) is 17.2 Å². The lowest BCUT2D eigenvalue weighted by Gasteiger charge is -2.26. The molecule has 0 bridgehead atoms. The quantitative estimate of drug-likeness (QED) is 0.261. The second-order valence-electron chi connectivity index (χ2n) is 9.75. The fourth-order valence-corrected chi connectivity index (χ4v) is 4.22. The summed E-state index contributed by atoms with van der Waals surface area (Å²) in [4.78, 5) is 27.8. The van der Waals surface area contributed by atoms with Crippen LogP contribution in [0.15, 0.2) is 42.0 Å². The summed E-state index contributed by atoms with van der Waals surface area (Å²) in [6, 6.07) is 9.64. The van der Waals surface area contributed by atoms with Gasteiger partial charge >= 0.3 is 0 Å². The summed E-state index contributed by atoms with van der Waals surface area (Å²) in [5, 5.41) is 11.4. The second-order valence-corrected chi connectivity index (χ2v) is 9.75. The number of carbonyl (C=O) groups is 2. The van der Waals surface area contributed by atoms with E-state index in [0.717, 1.165) is 5.56 Å². The number of aryl methyl sites for hydroxylation is 1. The van der Waals surface area contributed by atoms with Gasteiger partial charge < -0.3 is 29.0 Å². The molecule has 0 radical (unpaired) electrons. The molecule has 37 heavy (non-hydrogen) atoms. The van der Waals surface area contributed by atoms with E-state index in [4.69, 9.17) is 18.9 Å². The van der Waals surface area contributed by atoms with E-state index in [1.165, 1.54) is 12.0 Å². The predicted octanol–water partition coefficient (Wildman–Crippen LogP) is 4.89. The second kappa shape index (κ2) is 12.1. The highest BCUT2D eigenvalue weighted by atomic mass is 16.5. The fourth-order valence-electron chi connectivity index (χ4n) is 4.22. The smallest absolute Gasteiger partial charge is 0.295 e. The molecule has 3 rings (SSSR count). The van der Waals surface area contributed by atoms with Gasteiger partial charge in [0.1, 0.15) is 11.5 Å². The monoisotopic (exact) mass is 511 g/mol. The first kappa shape index (κ1) is 28.1. The molecule has 8 heteroatoms. The number of likely N-dealkylation sites (tertiary alicyclic amines) is 1. The number of ether oxygens (including phenoxy) is 4. The maximum atomic E-state index is 13.3. The van der Waals surface area contributed by atoms with Gasteiger partial charge in [0, 0.05) is 19.2 Å². The van der Waals surface area contributed by atoms with Crippen molar-refractivity contribution < 1.29 is 33.6 Å². The molecule has 0 saturated carbocycles. The number of amides is 1. The van der Waals surface area contributed by atoms with E-state index in [9.17, 15) is 14.7 Å². The van der Waals surface area contributed by atoms with Crippen LogP contribution in [-0.2, 0) is 14.3 Å². The lowest BCUT2D eigenvalue weighted by atomic mass is 9.94. The Labute approximate surface area is 218 Å². The molecule has 1 amide bonds. The molecule has 0 spiro atoms. The van der Waals surface area contributed by atoms with Gasteiger partial charge in [0.25, 0.3) is 11.7 Å². The molecule has 1 aliphatic heterocycles. The first-order valence-corrected chi connectivity index (χ1v) is 12.4. The summed E-state index contributed by atoms with van der Waals surface area (Å²) >= 11 is 0. The molecule has 1 saturated heterocycles. The van der Waals surface area contributed by atoms with E-state index >= 15 is 0 Å². The Morgan fingerprint density at radius 3 is 2.30 bits per heavy atom. The number of benzene rings is 2. The van der Waals surface area contributed by atoms with Crippen molar-refractivity contribution in [3.63, 3.8) is 0 Å². The lowest BCUT2D eigenvalue weighted by molar-refractivity contribution is -0.140. The number of aliphatic hydroxyl groups excluding tert-OH is 1. The van der Waals surface area contributed by atoms with Crippen molar-refractivity contribution >= 4 is 17.4 Å². The minimum absolute atomic E-state index is 0.00793. The zero-order valence-electron chi connectivity index (χ0n) is 22.7. The number of methoxy groups -OCH3 is 2. The summed E-state index contributed by atoms with van der Waals surface area (Å²) in [7, 11) is 3.08. The highest BCUT2D eigenvalue weighted by Crippen LogP contribution is 2.42. The number of hydrogen-bond acceptors (Lipinski definition) is 7. The Morgan fingerprint density at radius 1 is 1.00 bits per heavy atom. The van der Waals surface area contributed by atoms with Crippen molar-refractivity contribution in [2.75, 3.05) is 34.0 Å². The predicted molar refractivity (Wildman–Crippen MR) is 141 cm³/mol. The maximum absolute atomic E-state index is 13.3. The van der Waals surface area contributed by atoms with E-state index in [1.54, 1.807) is 43.5 Å². The maximum Gasteiger partial charge on any atom is 0.295 e. The van der Waals surface area contributed by atoms with Crippen molar-refractivity contribution in [1.29, 1.82) is 0 Å². The minimum Gasteiger partial charge on any atom is -0.507 e. The number of carbonyl (C=O) groups excluding carboxylic acids is 2. The van der Waals surface area contributed by atoms with Crippen molar-refractivity contribution in [1.82, 2.24) is 4.90 Å². The molecule has 1 unspecified atom stereocenters. The van der Waals surface area contributed by atoms with Crippen LogP contribution in [0.3, 0.4) is 0 Å². The van der Waals surface area contributed by atoms with Gasteiger partial charge in [0.2, 0.25) is 0 Å². The Morgan fingerprint density at radius 2 is 1.70 bits per heavy atom. The summed E-state index contributed by atoms with van der Waals surface area (Å²) in [6.45, 7) is 10.7. The van der Waals surface area contributed by atoms with Gasteiger partial charge in [-0.2, -0.15) is 0 Å². The van der Waals surface area contributed by atoms with Crippen LogP contribution in [-0.4, -0.2) is 61.8 Å². The van der Waals surface area contributed by atoms with E-state index < -0.39 is 17.7 Å². The van der Waals surface area contributed by atoms with Crippen LogP contribution in [0.2, 0.25) is 0 Å². The lowest BCUT2D eigenvalue weighted by Crippen LogP contribution is -2.32. The Bertz CT molecular complexity index is 1170. The number of hydrogen-bond donors (Lipinski definition) is 1. The number of Topliss-reactive ketones (excluding diaryl/α,β-unsaturated/α-hetero) is 1. The summed E-state index contributed by atoms with van der Waals surface area (Å²) < 4.78 is 22.4. The zero-order valence-corrected chi connectivity index (χ0v) is 22.7. The Hall–Kier alpha value is -3.52. The standard InChI is InChI=1S/C29H37NO7/c1-17(2)16-36-24-15-20(8-11-23(24)35-7)26-25(28(32)29(33)30(26)12-13-34-6)27(31)21-9-10-22(19(5)14-21)37-18(3)4/h8-11,14-15,17-18,26,31H,12-13,16H2,1-7H3/b27-25-. The van der Waals surface area contributed by atoms with E-state index in [0.29, 0.717) is 35.0 Å². The van der Waals surface area contributed by atoms with Gasteiger partial charge in [-0.1, -0.05) is 19.9 Å². The minimum atomic E-state index is -0.825. The van der Waals surface area contributed by atoms with Crippen LogP contribution in [0.4, 0.5) is 0 Å².